The number of benzene rings is 2. The van der Waals surface area contributed by atoms with Crippen LogP contribution >= 0.6 is 11.8 Å². The molecule has 2 atom stereocenters. The fourth-order valence-electron chi connectivity index (χ4n) is 4.48. The van der Waals surface area contributed by atoms with Gasteiger partial charge < -0.3 is 14.4 Å². The molecule has 0 aliphatic carbocycles. The third kappa shape index (κ3) is 4.81. The van der Waals surface area contributed by atoms with E-state index in [4.69, 9.17) is 14.5 Å². The van der Waals surface area contributed by atoms with Crippen LogP contribution in [0.5, 0.6) is 0 Å². The minimum absolute atomic E-state index is 0.0977. The third-order valence-electron chi connectivity index (χ3n) is 6.06. The Morgan fingerprint density at radius 3 is 2.00 bits per heavy atom. The van der Waals surface area contributed by atoms with E-state index in [9.17, 15) is 0 Å². The van der Waals surface area contributed by atoms with Gasteiger partial charge in [-0.15, -0.1) is 0 Å². The van der Waals surface area contributed by atoms with Crippen LogP contribution in [0.2, 0.25) is 0 Å². The molecule has 2 fully saturated rings. The van der Waals surface area contributed by atoms with Crippen LogP contribution in [0.4, 0.5) is 5.69 Å². The van der Waals surface area contributed by atoms with Crippen molar-refractivity contribution in [3.8, 4) is 0 Å². The van der Waals surface area contributed by atoms with Crippen molar-refractivity contribution in [3.05, 3.63) is 66.2 Å². The molecular formula is C24H30N4O2S. The molecule has 3 aliphatic rings. The summed E-state index contributed by atoms with van der Waals surface area (Å²) in [5.74, 6) is 0.911. The highest BCUT2D eigenvalue weighted by Crippen LogP contribution is 2.35. The summed E-state index contributed by atoms with van der Waals surface area (Å²) in [7, 11) is 0. The molecule has 0 N–H and O–H groups in total. The standard InChI is InChI=1S/C24H30N4O2S/c1-3-7-20(8-4-1)19-31-24-25-22(26-11-15-29-16-12-26)23(27-13-17-30-18-14-27)28(24)21-9-5-2-6-10-21/h1-10,22-23H,11-19H2/t22-,23+/m0/s1. The predicted molar refractivity (Wildman–Crippen MR) is 126 cm³/mol. The summed E-state index contributed by atoms with van der Waals surface area (Å²) in [6.07, 6.45) is 0.267. The van der Waals surface area contributed by atoms with Crippen LogP contribution in [0.1, 0.15) is 5.56 Å². The molecule has 0 unspecified atom stereocenters. The molecule has 2 aromatic rings. The quantitative estimate of drug-likeness (QED) is 0.715. The van der Waals surface area contributed by atoms with E-state index in [0.29, 0.717) is 0 Å². The maximum atomic E-state index is 5.68. The van der Waals surface area contributed by atoms with Gasteiger partial charge in [0.1, 0.15) is 12.3 Å². The van der Waals surface area contributed by atoms with Crippen molar-refractivity contribution in [2.45, 2.75) is 18.1 Å². The summed E-state index contributed by atoms with van der Waals surface area (Å²) in [4.78, 5) is 12.8. The number of rotatable bonds is 5. The number of hydrogen-bond acceptors (Lipinski definition) is 7. The Hall–Kier alpha value is -1.90. The molecule has 0 spiro atoms. The summed E-state index contributed by atoms with van der Waals surface area (Å²) in [5, 5.41) is 1.10. The van der Waals surface area contributed by atoms with Crippen molar-refractivity contribution < 1.29 is 9.47 Å². The molecule has 0 aromatic heterocycles. The van der Waals surface area contributed by atoms with Gasteiger partial charge >= 0.3 is 0 Å². The van der Waals surface area contributed by atoms with Crippen molar-refractivity contribution in [3.63, 3.8) is 0 Å². The van der Waals surface area contributed by atoms with Crippen LogP contribution in [-0.4, -0.2) is 79.9 Å². The zero-order chi connectivity index (χ0) is 20.9. The Balaban J connectivity index is 1.47. The van der Waals surface area contributed by atoms with Gasteiger partial charge in [-0.3, -0.25) is 9.80 Å². The maximum Gasteiger partial charge on any atom is 0.167 e. The minimum atomic E-state index is 0.0977. The number of ether oxygens (including phenoxy) is 2. The van der Waals surface area contributed by atoms with Gasteiger partial charge in [-0.1, -0.05) is 60.3 Å². The number of hydrogen-bond donors (Lipinski definition) is 0. The zero-order valence-electron chi connectivity index (χ0n) is 17.8. The lowest BCUT2D eigenvalue weighted by Gasteiger charge is -2.43. The summed E-state index contributed by atoms with van der Waals surface area (Å²) in [6, 6.07) is 21.4. The topological polar surface area (TPSA) is 40.5 Å². The lowest BCUT2D eigenvalue weighted by Crippen LogP contribution is -2.60. The van der Waals surface area contributed by atoms with Gasteiger partial charge in [-0.05, 0) is 17.7 Å². The fraction of sp³-hybridized carbons (Fsp3) is 0.458. The van der Waals surface area contributed by atoms with E-state index in [2.05, 4.69) is 75.4 Å². The summed E-state index contributed by atoms with van der Waals surface area (Å²) in [6.45, 7) is 6.83. The number of morpholine rings is 2. The number of thioether (sulfide) groups is 1. The largest absolute Gasteiger partial charge is 0.379 e. The normalized spacial score (nSPS) is 25.5. The molecule has 2 saturated heterocycles. The van der Waals surface area contributed by atoms with Gasteiger partial charge in [-0.25, -0.2) is 4.99 Å². The van der Waals surface area contributed by atoms with Crippen LogP contribution in [0.15, 0.2) is 65.7 Å². The highest BCUT2D eigenvalue weighted by Gasteiger charge is 2.44. The Morgan fingerprint density at radius 2 is 1.35 bits per heavy atom. The Kier molecular flexibility index (Phi) is 6.86. The van der Waals surface area contributed by atoms with Crippen LogP contribution in [0.3, 0.4) is 0 Å². The third-order valence-corrected chi connectivity index (χ3v) is 7.10. The molecule has 3 aliphatic heterocycles. The van der Waals surface area contributed by atoms with E-state index in [0.717, 1.165) is 63.5 Å². The van der Waals surface area contributed by atoms with Gasteiger partial charge in [0, 0.05) is 37.6 Å². The molecule has 0 amide bonds. The maximum absolute atomic E-state index is 5.68. The Morgan fingerprint density at radius 1 is 0.774 bits per heavy atom. The fourth-order valence-corrected chi connectivity index (χ4v) is 5.50. The van der Waals surface area contributed by atoms with E-state index in [-0.39, 0.29) is 12.3 Å². The van der Waals surface area contributed by atoms with Crippen LogP contribution in [0.25, 0.3) is 0 Å². The number of aliphatic imine (C=N–C) groups is 1. The van der Waals surface area contributed by atoms with Crippen LogP contribution in [0, 0.1) is 0 Å². The van der Waals surface area contributed by atoms with E-state index < -0.39 is 0 Å². The lowest BCUT2D eigenvalue weighted by atomic mass is 10.2. The molecule has 0 saturated carbocycles. The second-order valence-electron chi connectivity index (χ2n) is 8.02. The summed E-state index contributed by atoms with van der Waals surface area (Å²) in [5.41, 5.74) is 2.52. The van der Waals surface area contributed by atoms with E-state index in [1.165, 1.54) is 11.3 Å². The molecule has 0 radical (unpaired) electrons. The minimum Gasteiger partial charge on any atom is -0.379 e. The number of amidine groups is 1. The first-order valence-electron chi connectivity index (χ1n) is 11.1. The van der Waals surface area contributed by atoms with Gasteiger partial charge in [0.2, 0.25) is 0 Å². The molecule has 3 heterocycles. The highest BCUT2D eigenvalue weighted by molar-refractivity contribution is 8.13. The molecule has 5 rings (SSSR count). The SMILES string of the molecule is c1ccc(CSC2=N[C@@H](N3CCOCC3)[C@H](N3CCOCC3)N2c2ccccc2)cc1. The second kappa shape index (κ2) is 10.1. The number of para-hydroxylation sites is 1. The van der Waals surface area contributed by atoms with E-state index >= 15 is 0 Å². The van der Waals surface area contributed by atoms with Gasteiger partial charge in [0.25, 0.3) is 0 Å². The van der Waals surface area contributed by atoms with Crippen molar-refractivity contribution in [1.82, 2.24) is 9.80 Å². The van der Waals surface area contributed by atoms with Crippen molar-refractivity contribution in [2.24, 2.45) is 4.99 Å². The molecule has 6 nitrogen and oxygen atoms in total. The first-order valence-corrected chi connectivity index (χ1v) is 12.1. The van der Waals surface area contributed by atoms with Gasteiger partial charge in [0.05, 0.1) is 26.4 Å². The Bertz CT molecular complexity index is 854. The second-order valence-corrected chi connectivity index (χ2v) is 8.96. The molecule has 0 bridgehead atoms. The molecule has 164 valence electrons. The van der Waals surface area contributed by atoms with E-state index in [1.54, 1.807) is 0 Å². The van der Waals surface area contributed by atoms with E-state index in [1.807, 2.05) is 11.8 Å². The average Bonchev–Trinajstić information content (AvgIpc) is 3.24. The molecular weight excluding hydrogens is 408 g/mol. The van der Waals surface area contributed by atoms with Crippen LogP contribution < -0.4 is 4.90 Å². The van der Waals surface area contributed by atoms with Crippen molar-refractivity contribution in [1.29, 1.82) is 0 Å². The number of anilines is 1. The first-order chi connectivity index (χ1) is 15.4. The lowest BCUT2D eigenvalue weighted by molar-refractivity contribution is -0.0273. The van der Waals surface area contributed by atoms with Crippen molar-refractivity contribution in [2.75, 3.05) is 57.5 Å². The monoisotopic (exact) mass is 438 g/mol. The zero-order valence-corrected chi connectivity index (χ0v) is 18.6. The van der Waals surface area contributed by atoms with Crippen molar-refractivity contribution >= 4 is 22.6 Å². The first kappa shape index (κ1) is 21.0. The van der Waals surface area contributed by atoms with Gasteiger partial charge in [-0.2, -0.15) is 0 Å². The average molecular weight is 439 g/mol. The summed E-state index contributed by atoms with van der Waals surface area (Å²) >= 11 is 1.84. The number of nitrogens with zero attached hydrogens (tertiary/aromatic N) is 4. The van der Waals surface area contributed by atoms with Crippen LogP contribution in [-0.2, 0) is 15.2 Å². The smallest absolute Gasteiger partial charge is 0.167 e. The van der Waals surface area contributed by atoms with Gasteiger partial charge in [0.15, 0.2) is 5.17 Å². The Labute approximate surface area is 188 Å². The summed E-state index contributed by atoms with van der Waals surface area (Å²) < 4.78 is 11.3. The molecule has 2 aromatic carbocycles. The predicted octanol–water partition coefficient (Wildman–Crippen LogP) is 3.11. The molecule has 7 heteroatoms. The molecule has 31 heavy (non-hydrogen) atoms. The highest BCUT2D eigenvalue weighted by atomic mass is 32.2.